The van der Waals surface area contributed by atoms with Gasteiger partial charge in [-0.1, -0.05) is 48.5 Å². The normalized spacial score (nSPS) is 16.4. The second kappa shape index (κ2) is 10.5. The molecule has 1 aliphatic rings. The van der Waals surface area contributed by atoms with Gasteiger partial charge in [0.2, 0.25) is 0 Å². The summed E-state index contributed by atoms with van der Waals surface area (Å²) in [7, 11) is 0. The monoisotopic (exact) mass is 419 g/mol. The summed E-state index contributed by atoms with van der Waals surface area (Å²) in [5, 5.41) is 0. The lowest BCUT2D eigenvalue weighted by atomic mass is 9.98. The Morgan fingerprint density at radius 1 is 0.968 bits per heavy atom. The summed E-state index contributed by atoms with van der Waals surface area (Å²) in [6, 6.07) is 23.3. The van der Waals surface area contributed by atoms with Crippen LogP contribution in [0.4, 0.5) is 4.39 Å². The fourth-order valence-corrected chi connectivity index (χ4v) is 4.16. The van der Waals surface area contributed by atoms with E-state index in [9.17, 15) is 4.39 Å². The Morgan fingerprint density at radius 2 is 1.77 bits per heavy atom. The van der Waals surface area contributed by atoms with Crippen molar-refractivity contribution < 1.29 is 13.9 Å². The number of hydrogen-bond acceptors (Lipinski definition) is 3. The molecular formula is C27H30FNO2. The molecule has 1 aliphatic heterocycles. The highest BCUT2D eigenvalue weighted by molar-refractivity contribution is 5.39. The van der Waals surface area contributed by atoms with Crippen molar-refractivity contribution in [2.24, 2.45) is 5.92 Å². The quantitative estimate of drug-likeness (QED) is 0.447. The lowest BCUT2D eigenvalue weighted by Gasteiger charge is -2.17. The lowest BCUT2D eigenvalue weighted by molar-refractivity contribution is 0.232. The summed E-state index contributed by atoms with van der Waals surface area (Å²) in [6.07, 6.45) is 1.93. The highest BCUT2D eigenvalue weighted by Gasteiger charge is 2.23. The summed E-state index contributed by atoms with van der Waals surface area (Å²) in [4.78, 5) is 2.41. The summed E-state index contributed by atoms with van der Waals surface area (Å²) in [6.45, 7) is 6.19. The van der Waals surface area contributed by atoms with Crippen LogP contribution in [0.2, 0.25) is 0 Å². The van der Waals surface area contributed by atoms with Crippen LogP contribution in [0.5, 0.6) is 11.5 Å². The molecule has 1 atom stereocenters. The van der Waals surface area contributed by atoms with E-state index in [0.717, 1.165) is 60.7 Å². The third-order valence-corrected chi connectivity index (χ3v) is 5.90. The first-order valence-corrected chi connectivity index (χ1v) is 11.0. The predicted octanol–water partition coefficient (Wildman–Crippen LogP) is 5.66. The average molecular weight is 420 g/mol. The van der Waals surface area contributed by atoms with Crippen molar-refractivity contribution in [2.75, 3.05) is 26.2 Å². The van der Waals surface area contributed by atoms with Crippen LogP contribution in [0.25, 0.3) is 0 Å². The Bertz CT molecular complexity index is 976. The minimum atomic E-state index is -0.0872. The van der Waals surface area contributed by atoms with Gasteiger partial charge >= 0.3 is 0 Å². The summed E-state index contributed by atoms with van der Waals surface area (Å²) in [5.41, 5.74) is 3.05. The van der Waals surface area contributed by atoms with E-state index in [2.05, 4.69) is 17.0 Å². The predicted molar refractivity (Wildman–Crippen MR) is 122 cm³/mol. The molecule has 0 aromatic heterocycles. The first-order valence-electron chi connectivity index (χ1n) is 11.0. The van der Waals surface area contributed by atoms with E-state index in [1.54, 1.807) is 12.1 Å². The van der Waals surface area contributed by atoms with Crippen molar-refractivity contribution in [3.05, 3.63) is 95.3 Å². The number of ether oxygens (including phenoxy) is 2. The van der Waals surface area contributed by atoms with Crippen molar-refractivity contribution in [1.82, 2.24) is 4.90 Å². The fraction of sp³-hybridized carbons (Fsp3) is 0.333. The molecule has 162 valence electrons. The van der Waals surface area contributed by atoms with Crippen LogP contribution in [-0.4, -0.2) is 31.1 Å². The molecule has 0 N–H and O–H groups in total. The van der Waals surface area contributed by atoms with Gasteiger partial charge in [-0.2, -0.15) is 0 Å². The number of likely N-dealkylation sites (tertiary alicyclic amines) is 1. The highest BCUT2D eigenvalue weighted by Crippen LogP contribution is 2.25. The zero-order valence-corrected chi connectivity index (χ0v) is 18.1. The van der Waals surface area contributed by atoms with Gasteiger partial charge in [0, 0.05) is 13.1 Å². The van der Waals surface area contributed by atoms with Gasteiger partial charge in [-0.25, -0.2) is 4.39 Å². The molecule has 0 aliphatic carbocycles. The third-order valence-electron chi connectivity index (χ3n) is 5.90. The molecule has 0 amide bonds. The Morgan fingerprint density at radius 3 is 2.58 bits per heavy atom. The number of halogens is 1. The van der Waals surface area contributed by atoms with Crippen LogP contribution in [0.15, 0.2) is 72.8 Å². The number of aryl methyl sites for hydroxylation is 1. The maximum atomic E-state index is 13.9. The number of nitrogens with zero attached hydrogens (tertiary/aromatic N) is 1. The van der Waals surface area contributed by atoms with Crippen LogP contribution in [-0.2, 0) is 13.0 Å². The van der Waals surface area contributed by atoms with Gasteiger partial charge < -0.3 is 9.47 Å². The van der Waals surface area contributed by atoms with E-state index in [1.807, 2.05) is 55.5 Å². The first kappa shape index (κ1) is 21.4. The molecule has 3 aromatic carbocycles. The topological polar surface area (TPSA) is 21.7 Å². The molecular weight excluding hydrogens is 389 g/mol. The van der Waals surface area contributed by atoms with Crippen LogP contribution in [0, 0.1) is 18.7 Å². The van der Waals surface area contributed by atoms with Gasteiger partial charge in [-0.05, 0) is 73.2 Å². The van der Waals surface area contributed by atoms with Crippen LogP contribution < -0.4 is 9.47 Å². The molecule has 4 heteroatoms. The van der Waals surface area contributed by atoms with E-state index in [0.29, 0.717) is 19.1 Å². The zero-order valence-electron chi connectivity index (χ0n) is 18.1. The van der Waals surface area contributed by atoms with Gasteiger partial charge in [-0.3, -0.25) is 4.90 Å². The lowest BCUT2D eigenvalue weighted by Crippen LogP contribution is -2.26. The SMILES string of the molecule is Cc1cc(OCCN2CCC(Cc3ccccc3F)C2)ccc1OCc1ccccc1. The summed E-state index contributed by atoms with van der Waals surface area (Å²) < 4.78 is 25.8. The standard InChI is InChI=1S/C27H30FNO2/c1-21-17-25(11-12-27(21)31-20-22-7-3-2-4-8-22)30-16-15-29-14-13-23(19-29)18-24-9-5-6-10-26(24)28/h2-12,17,23H,13-16,18-20H2,1H3. The van der Waals surface area contributed by atoms with Gasteiger partial charge in [0.1, 0.15) is 30.5 Å². The Kier molecular flexibility index (Phi) is 7.21. The molecule has 3 nitrogen and oxygen atoms in total. The molecule has 0 bridgehead atoms. The number of benzene rings is 3. The average Bonchev–Trinajstić information content (AvgIpc) is 3.23. The number of rotatable bonds is 9. The molecule has 1 saturated heterocycles. The van der Waals surface area contributed by atoms with Crippen LogP contribution in [0.3, 0.4) is 0 Å². The van der Waals surface area contributed by atoms with Gasteiger partial charge in [0.05, 0.1) is 0 Å². The smallest absolute Gasteiger partial charge is 0.126 e. The molecule has 0 saturated carbocycles. The second-order valence-corrected chi connectivity index (χ2v) is 8.30. The van der Waals surface area contributed by atoms with E-state index in [1.165, 1.54) is 0 Å². The largest absolute Gasteiger partial charge is 0.492 e. The van der Waals surface area contributed by atoms with Crippen LogP contribution >= 0.6 is 0 Å². The van der Waals surface area contributed by atoms with E-state index < -0.39 is 0 Å². The Hall–Kier alpha value is -2.85. The van der Waals surface area contributed by atoms with Gasteiger partial charge in [-0.15, -0.1) is 0 Å². The molecule has 0 spiro atoms. The minimum Gasteiger partial charge on any atom is -0.492 e. The third kappa shape index (κ3) is 6.08. The van der Waals surface area contributed by atoms with Gasteiger partial charge in [0.15, 0.2) is 0 Å². The van der Waals surface area contributed by atoms with Crippen molar-refractivity contribution in [3.8, 4) is 11.5 Å². The Balaban J connectivity index is 1.20. The van der Waals surface area contributed by atoms with E-state index >= 15 is 0 Å². The molecule has 1 heterocycles. The summed E-state index contributed by atoms with van der Waals surface area (Å²) >= 11 is 0. The minimum absolute atomic E-state index is 0.0872. The molecule has 31 heavy (non-hydrogen) atoms. The van der Waals surface area contributed by atoms with Crippen molar-refractivity contribution in [1.29, 1.82) is 0 Å². The van der Waals surface area contributed by atoms with E-state index in [4.69, 9.17) is 9.47 Å². The maximum Gasteiger partial charge on any atom is 0.126 e. The maximum absolute atomic E-state index is 13.9. The van der Waals surface area contributed by atoms with E-state index in [-0.39, 0.29) is 5.82 Å². The molecule has 4 rings (SSSR count). The van der Waals surface area contributed by atoms with Crippen molar-refractivity contribution >= 4 is 0 Å². The van der Waals surface area contributed by atoms with Crippen molar-refractivity contribution in [3.63, 3.8) is 0 Å². The van der Waals surface area contributed by atoms with Crippen LogP contribution in [0.1, 0.15) is 23.1 Å². The molecule has 3 aromatic rings. The Labute approximate surface area is 184 Å². The summed E-state index contributed by atoms with van der Waals surface area (Å²) in [5.74, 6) is 2.18. The highest BCUT2D eigenvalue weighted by atomic mass is 19.1. The van der Waals surface area contributed by atoms with Crippen molar-refractivity contribution in [2.45, 2.75) is 26.4 Å². The molecule has 0 radical (unpaired) electrons. The molecule has 1 fully saturated rings. The van der Waals surface area contributed by atoms with Gasteiger partial charge in [0.25, 0.3) is 0 Å². The zero-order chi connectivity index (χ0) is 21.5. The second-order valence-electron chi connectivity index (χ2n) is 8.30. The molecule has 1 unspecified atom stereocenters. The fourth-order valence-electron chi connectivity index (χ4n) is 4.16. The first-order chi connectivity index (χ1) is 15.2. The number of hydrogen-bond donors (Lipinski definition) is 0.